The van der Waals surface area contributed by atoms with E-state index in [2.05, 4.69) is 41.3 Å². The standard InChI is InChI=1S/C20H24ClN5O3/c1-11(27)9-12(2)29-19(28)22-14-8-6-7-13(10-14)17-23-18-15(21)16(20(3,4)5)24-26(18)25-17/h6-8,10,12,24H,9H2,1-5H3,(H,22,28). The number of fused-ring (bicyclic) bond motifs is 1. The lowest BCUT2D eigenvalue weighted by Crippen LogP contribution is -2.21. The second-order valence-electron chi connectivity index (χ2n) is 8.05. The van der Waals surface area contributed by atoms with Crippen molar-refractivity contribution in [2.24, 2.45) is 0 Å². The summed E-state index contributed by atoms with van der Waals surface area (Å²) in [5.74, 6) is 0.433. The number of aromatic nitrogens is 4. The SMILES string of the molecule is CC(=O)CC(C)OC(=O)Nc1cccc(-c2nc3c(Cl)c(C(C)(C)C)[nH]n3n2)c1. The fourth-order valence-corrected chi connectivity index (χ4v) is 3.38. The zero-order chi connectivity index (χ0) is 21.3. The van der Waals surface area contributed by atoms with E-state index in [-0.39, 0.29) is 17.6 Å². The van der Waals surface area contributed by atoms with E-state index in [1.807, 2.05) is 6.07 Å². The van der Waals surface area contributed by atoms with Gasteiger partial charge in [0.1, 0.15) is 16.9 Å². The fraction of sp³-hybridized carbons (Fsp3) is 0.400. The number of anilines is 1. The Labute approximate surface area is 173 Å². The van der Waals surface area contributed by atoms with Gasteiger partial charge in [0.2, 0.25) is 0 Å². The van der Waals surface area contributed by atoms with E-state index >= 15 is 0 Å². The summed E-state index contributed by atoms with van der Waals surface area (Å²) in [6.07, 6.45) is -0.945. The number of halogens is 1. The zero-order valence-electron chi connectivity index (χ0n) is 17.0. The number of hydrogen-bond acceptors (Lipinski definition) is 5. The molecule has 0 saturated heterocycles. The third-order valence-electron chi connectivity index (χ3n) is 4.24. The largest absolute Gasteiger partial charge is 0.446 e. The van der Waals surface area contributed by atoms with Gasteiger partial charge in [0, 0.05) is 23.1 Å². The lowest BCUT2D eigenvalue weighted by Gasteiger charge is -2.16. The molecule has 2 N–H and O–H groups in total. The maximum absolute atomic E-state index is 12.0. The molecule has 0 saturated carbocycles. The minimum absolute atomic E-state index is 0.0397. The van der Waals surface area contributed by atoms with Gasteiger partial charge in [0.25, 0.3) is 0 Å². The molecule has 1 amide bonds. The molecular weight excluding hydrogens is 394 g/mol. The minimum atomic E-state index is -0.626. The highest BCUT2D eigenvalue weighted by Crippen LogP contribution is 2.32. The van der Waals surface area contributed by atoms with Gasteiger partial charge in [-0.2, -0.15) is 4.63 Å². The van der Waals surface area contributed by atoms with E-state index in [4.69, 9.17) is 16.3 Å². The number of ketones is 1. The molecule has 0 aliphatic carbocycles. The highest BCUT2D eigenvalue weighted by molar-refractivity contribution is 6.34. The Hall–Kier alpha value is -2.87. The topological polar surface area (TPSA) is 101 Å². The number of H-pyrrole nitrogens is 1. The molecule has 3 rings (SSSR count). The Morgan fingerprint density at radius 1 is 1.34 bits per heavy atom. The van der Waals surface area contributed by atoms with Crippen LogP contribution in [0.3, 0.4) is 0 Å². The number of carbonyl (C=O) groups is 2. The zero-order valence-corrected chi connectivity index (χ0v) is 17.8. The van der Waals surface area contributed by atoms with Crippen molar-refractivity contribution in [1.82, 2.24) is 19.8 Å². The summed E-state index contributed by atoms with van der Waals surface area (Å²) < 4.78 is 6.73. The van der Waals surface area contributed by atoms with E-state index in [9.17, 15) is 9.59 Å². The van der Waals surface area contributed by atoms with Crippen molar-refractivity contribution in [2.45, 2.75) is 52.6 Å². The average Bonchev–Trinajstić information content (AvgIpc) is 3.13. The van der Waals surface area contributed by atoms with Crippen LogP contribution in [0.4, 0.5) is 10.5 Å². The Balaban J connectivity index is 1.79. The molecule has 8 nitrogen and oxygen atoms in total. The third-order valence-corrected chi connectivity index (χ3v) is 4.60. The third kappa shape index (κ3) is 4.76. The second kappa shape index (κ2) is 7.87. The summed E-state index contributed by atoms with van der Waals surface area (Å²) in [5.41, 5.74) is 2.48. The summed E-state index contributed by atoms with van der Waals surface area (Å²) in [5, 5.41) is 10.8. The number of amides is 1. The van der Waals surface area contributed by atoms with E-state index in [0.717, 1.165) is 5.69 Å². The first-order valence-electron chi connectivity index (χ1n) is 9.27. The van der Waals surface area contributed by atoms with Crippen LogP contribution in [-0.4, -0.2) is 37.8 Å². The highest BCUT2D eigenvalue weighted by Gasteiger charge is 2.24. The molecule has 0 fully saturated rings. The molecule has 1 unspecified atom stereocenters. The molecule has 1 aromatic carbocycles. The molecule has 0 aliphatic rings. The van der Waals surface area contributed by atoms with Gasteiger partial charge < -0.3 is 4.74 Å². The summed E-state index contributed by atoms with van der Waals surface area (Å²) in [4.78, 5) is 27.7. The average molecular weight is 418 g/mol. The van der Waals surface area contributed by atoms with Gasteiger partial charge in [-0.15, -0.1) is 5.10 Å². The molecular formula is C20H24ClN5O3. The predicted octanol–water partition coefficient (Wildman–Crippen LogP) is 4.59. The normalized spacial score (nSPS) is 12.8. The maximum atomic E-state index is 12.0. The number of benzene rings is 1. The number of hydrogen-bond donors (Lipinski definition) is 2. The Morgan fingerprint density at radius 2 is 2.07 bits per heavy atom. The van der Waals surface area contributed by atoms with Gasteiger partial charge in [-0.25, -0.2) is 9.78 Å². The van der Waals surface area contributed by atoms with Gasteiger partial charge in [-0.05, 0) is 26.0 Å². The van der Waals surface area contributed by atoms with Crippen LogP contribution in [-0.2, 0) is 14.9 Å². The summed E-state index contributed by atoms with van der Waals surface area (Å²) in [6.45, 7) is 9.28. The van der Waals surface area contributed by atoms with E-state index < -0.39 is 12.2 Å². The summed E-state index contributed by atoms with van der Waals surface area (Å²) >= 11 is 6.47. The molecule has 29 heavy (non-hydrogen) atoms. The van der Waals surface area contributed by atoms with Crippen LogP contribution >= 0.6 is 11.6 Å². The van der Waals surface area contributed by atoms with Crippen molar-refractivity contribution in [1.29, 1.82) is 0 Å². The molecule has 2 aromatic heterocycles. The second-order valence-corrected chi connectivity index (χ2v) is 8.43. The van der Waals surface area contributed by atoms with Crippen LogP contribution in [0.15, 0.2) is 24.3 Å². The van der Waals surface area contributed by atoms with Crippen molar-refractivity contribution < 1.29 is 14.3 Å². The first-order chi connectivity index (χ1) is 13.5. The van der Waals surface area contributed by atoms with Crippen LogP contribution < -0.4 is 5.32 Å². The number of aromatic amines is 1. The number of carbonyl (C=O) groups excluding carboxylic acids is 2. The van der Waals surface area contributed by atoms with Crippen molar-refractivity contribution in [3.8, 4) is 11.4 Å². The van der Waals surface area contributed by atoms with Crippen molar-refractivity contribution in [2.75, 3.05) is 5.32 Å². The van der Waals surface area contributed by atoms with Crippen molar-refractivity contribution in [3.63, 3.8) is 0 Å². The lowest BCUT2D eigenvalue weighted by molar-refractivity contribution is -0.118. The van der Waals surface area contributed by atoms with Crippen LogP contribution in [0, 0.1) is 0 Å². The molecule has 3 aromatic rings. The highest BCUT2D eigenvalue weighted by atomic mass is 35.5. The fourth-order valence-electron chi connectivity index (χ4n) is 2.93. The minimum Gasteiger partial charge on any atom is -0.446 e. The van der Waals surface area contributed by atoms with Crippen molar-refractivity contribution in [3.05, 3.63) is 35.0 Å². The van der Waals surface area contributed by atoms with Gasteiger partial charge >= 0.3 is 6.09 Å². The first kappa shape index (κ1) is 20.9. The summed E-state index contributed by atoms with van der Waals surface area (Å²) in [7, 11) is 0. The maximum Gasteiger partial charge on any atom is 0.411 e. The van der Waals surface area contributed by atoms with Gasteiger partial charge in [-0.3, -0.25) is 15.2 Å². The van der Waals surface area contributed by atoms with Crippen LogP contribution in [0.1, 0.15) is 46.7 Å². The first-order valence-corrected chi connectivity index (χ1v) is 9.64. The Kier molecular flexibility index (Phi) is 5.66. The van der Waals surface area contributed by atoms with Gasteiger partial charge in [0.05, 0.1) is 5.69 Å². The van der Waals surface area contributed by atoms with Gasteiger partial charge in [0.15, 0.2) is 11.5 Å². The van der Waals surface area contributed by atoms with Gasteiger partial charge in [-0.1, -0.05) is 44.5 Å². The number of nitrogens with zero attached hydrogens (tertiary/aromatic N) is 3. The quantitative estimate of drug-likeness (QED) is 0.632. The molecule has 9 heteroatoms. The summed E-state index contributed by atoms with van der Waals surface area (Å²) in [6, 6.07) is 7.08. The molecule has 0 spiro atoms. The number of nitrogens with one attached hydrogen (secondary N) is 2. The van der Waals surface area contributed by atoms with Crippen LogP contribution in [0.25, 0.3) is 17.0 Å². The Morgan fingerprint density at radius 3 is 2.69 bits per heavy atom. The number of rotatable bonds is 5. The van der Waals surface area contributed by atoms with E-state index in [1.54, 1.807) is 29.8 Å². The lowest BCUT2D eigenvalue weighted by atomic mass is 9.92. The molecule has 154 valence electrons. The molecule has 0 radical (unpaired) electrons. The number of Topliss-reactive ketones (excluding diaryl/α,β-unsaturated/α-hetero) is 1. The van der Waals surface area contributed by atoms with Crippen LogP contribution in [0.5, 0.6) is 0 Å². The van der Waals surface area contributed by atoms with E-state index in [0.29, 0.717) is 27.7 Å². The predicted molar refractivity (Wildman–Crippen MR) is 111 cm³/mol. The molecule has 2 heterocycles. The molecule has 0 aliphatic heterocycles. The molecule has 0 bridgehead atoms. The monoisotopic (exact) mass is 417 g/mol. The molecule has 1 atom stereocenters. The number of ether oxygens (including phenoxy) is 1. The van der Waals surface area contributed by atoms with Crippen molar-refractivity contribution >= 4 is 34.8 Å². The van der Waals surface area contributed by atoms with E-state index in [1.165, 1.54) is 6.92 Å². The Bertz CT molecular complexity index is 1060. The van der Waals surface area contributed by atoms with Crippen LogP contribution in [0.2, 0.25) is 5.02 Å². The smallest absolute Gasteiger partial charge is 0.411 e.